The maximum Gasteiger partial charge on any atom is 0.223 e. The van der Waals surface area contributed by atoms with E-state index >= 15 is 0 Å². The van der Waals surface area contributed by atoms with Gasteiger partial charge in [0, 0.05) is 57.9 Å². The lowest BCUT2D eigenvalue weighted by atomic mass is 10.2. The predicted molar refractivity (Wildman–Crippen MR) is 105 cm³/mol. The number of carbonyl (C=O) groups is 1. The van der Waals surface area contributed by atoms with Gasteiger partial charge in [0.1, 0.15) is 0 Å². The summed E-state index contributed by atoms with van der Waals surface area (Å²) in [6.07, 6.45) is 2.96. The maximum atomic E-state index is 12.5. The average Bonchev–Trinajstić information content (AvgIpc) is 3.02. The van der Waals surface area contributed by atoms with Gasteiger partial charge in [0.05, 0.1) is 17.2 Å². The molecule has 1 amide bonds. The van der Waals surface area contributed by atoms with Gasteiger partial charge in [-0.2, -0.15) is 0 Å². The van der Waals surface area contributed by atoms with Crippen molar-refractivity contribution in [1.29, 1.82) is 0 Å². The number of pyridine rings is 1. The van der Waals surface area contributed by atoms with E-state index in [1.165, 1.54) is 5.56 Å². The van der Waals surface area contributed by atoms with Crippen molar-refractivity contribution in [1.82, 2.24) is 19.7 Å². The van der Waals surface area contributed by atoms with E-state index in [1.807, 2.05) is 29.1 Å². The Balaban J connectivity index is 1.40. The second-order valence-corrected chi connectivity index (χ2v) is 9.94. The Morgan fingerprint density at radius 2 is 2.04 bits per heavy atom. The molecule has 0 spiro atoms. The van der Waals surface area contributed by atoms with Gasteiger partial charge in [-0.1, -0.05) is 6.07 Å². The molecule has 8 heteroatoms. The van der Waals surface area contributed by atoms with Crippen molar-refractivity contribution in [3.05, 3.63) is 29.6 Å². The largest absolute Gasteiger partial charge is 0.340 e. The third-order valence-corrected chi connectivity index (χ3v) is 7.48. The van der Waals surface area contributed by atoms with Crippen LogP contribution in [0.5, 0.6) is 0 Å². The molecule has 1 atom stereocenters. The Labute approximate surface area is 162 Å². The molecule has 3 rings (SSSR count). The van der Waals surface area contributed by atoms with Gasteiger partial charge in [0.25, 0.3) is 0 Å². The van der Waals surface area contributed by atoms with Gasteiger partial charge in [0.2, 0.25) is 5.91 Å². The van der Waals surface area contributed by atoms with Gasteiger partial charge in [-0.05, 0) is 32.0 Å². The number of hydrogen-bond acceptors (Lipinski definition) is 6. The van der Waals surface area contributed by atoms with Crippen LogP contribution in [-0.4, -0.2) is 91.3 Å². The summed E-state index contributed by atoms with van der Waals surface area (Å²) in [5, 5.41) is 0. The number of aryl methyl sites for hydroxylation is 1. The highest BCUT2D eigenvalue weighted by Crippen LogP contribution is 2.17. The molecule has 2 aliphatic rings. The van der Waals surface area contributed by atoms with Crippen LogP contribution in [-0.2, 0) is 21.2 Å². The summed E-state index contributed by atoms with van der Waals surface area (Å²) in [4.78, 5) is 23.3. The van der Waals surface area contributed by atoms with Crippen molar-refractivity contribution in [3.8, 4) is 0 Å². The fraction of sp³-hybridized carbons (Fsp3) is 0.684. The maximum absolute atomic E-state index is 12.5. The fourth-order valence-corrected chi connectivity index (χ4v) is 5.59. The summed E-state index contributed by atoms with van der Waals surface area (Å²) in [6, 6.07) is 4.09. The minimum atomic E-state index is -2.88. The smallest absolute Gasteiger partial charge is 0.223 e. The molecule has 0 aromatic carbocycles. The van der Waals surface area contributed by atoms with Gasteiger partial charge in [-0.3, -0.25) is 14.7 Å². The Hall–Kier alpha value is -1.51. The molecule has 0 aliphatic carbocycles. The van der Waals surface area contributed by atoms with Crippen LogP contribution in [0, 0.1) is 6.92 Å². The SMILES string of the molecule is Cc1cccnc1CN1CCN(C(=O)CCN(C)C2CCS(=O)(=O)C2)CC1. The number of piperazine rings is 1. The molecule has 2 saturated heterocycles. The van der Waals surface area contributed by atoms with Crippen LogP contribution in [0.15, 0.2) is 18.3 Å². The number of sulfone groups is 1. The van der Waals surface area contributed by atoms with Gasteiger partial charge in [-0.25, -0.2) is 8.42 Å². The van der Waals surface area contributed by atoms with E-state index in [9.17, 15) is 13.2 Å². The number of hydrogen-bond donors (Lipinski definition) is 0. The highest BCUT2D eigenvalue weighted by molar-refractivity contribution is 7.91. The summed E-state index contributed by atoms with van der Waals surface area (Å²) in [5.74, 6) is 0.660. The molecule has 1 aromatic heterocycles. The second-order valence-electron chi connectivity index (χ2n) is 7.71. The van der Waals surface area contributed by atoms with Crippen LogP contribution < -0.4 is 0 Å². The molecule has 2 aliphatic heterocycles. The lowest BCUT2D eigenvalue weighted by molar-refractivity contribution is -0.133. The average molecular weight is 395 g/mol. The minimum absolute atomic E-state index is 0.0567. The van der Waals surface area contributed by atoms with E-state index in [0.29, 0.717) is 19.4 Å². The van der Waals surface area contributed by atoms with Crippen LogP contribution in [0.25, 0.3) is 0 Å². The Kier molecular flexibility index (Phi) is 6.49. The Morgan fingerprint density at radius 3 is 2.67 bits per heavy atom. The molecule has 0 bridgehead atoms. The summed E-state index contributed by atoms with van der Waals surface area (Å²) < 4.78 is 23.2. The normalized spacial score (nSPS) is 23.1. The lowest BCUT2D eigenvalue weighted by Gasteiger charge is -2.35. The molecule has 0 N–H and O–H groups in total. The summed E-state index contributed by atoms with van der Waals surface area (Å²) in [7, 11) is -0.960. The molecular weight excluding hydrogens is 364 g/mol. The van der Waals surface area contributed by atoms with E-state index in [4.69, 9.17) is 0 Å². The second kappa shape index (κ2) is 8.67. The minimum Gasteiger partial charge on any atom is -0.340 e. The third-order valence-electron chi connectivity index (χ3n) is 5.73. The van der Waals surface area contributed by atoms with Crippen LogP contribution in [0.4, 0.5) is 0 Å². The summed E-state index contributed by atoms with van der Waals surface area (Å²) in [5.41, 5.74) is 2.30. The monoisotopic (exact) mass is 394 g/mol. The van der Waals surface area contributed by atoms with E-state index in [2.05, 4.69) is 22.9 Å². The Morgan fingerprint density at radius 1 is 1.30 bits per heavy atom. The summed E-state index contributed by atoms with van der Waals surface area (Å²) in [6.45, 7) is 6.73. The molecule has 7 nitrogen and oxygen atoms in total. The van der Waals surface area contributed by atoms with Crippen LogP contribution in [0.3, 0.4) is 0 Å². The fourth-order valence-electron chi connectivity index (χ4n) is 3.79. The molecule has 1 unspecified atom stereocenters. The van der Waals surface area contributed by atoms with Gasteiger partial charge in [-0.15, -0.1) is 0 Å². The molecular formula is C19H30N4O3S. The molecule has 150 valence electrons. The van der Waals surface area contributed by atoms with E-state index in [0.717, 1.165) is 38.4 Å². The zero-order valence-electron chi connectivity index (χ0n) is 16.3. The summed E-state index contributed by atoms with van der Waals surface area (Å²) >= 11 is 0. The standard InChI is InChI=1S/C19H30N4O3S/c1-16-4-3-7-20-18(16)14-22-9-11-23(12-10-22)19(24)5-8-21(2)17-6-13-27(25,26)15-17/h3-4,7,17H,5-6,8-15H2,1-2H3. The number of aromatic nitrogens is 1. The molecule has 3 heterocycles. The van der Waals surface area contributed by atoms with Crippen molar-refractivity contribution in [2.24, 2.45) is 0 Å². The van der Waals surface area contributed by atoms with Crippen LogP contribution in [0.2, 0.25) is 0 Å². The first-order chi connectivity index (χ1) is 12.8. The number of carbonyl (C=O) groups excluding carboxylic acids is 1. The number of rotatable bonds is 6. The van der Waals surface area contributed by atoms with Gasteiger partial charge >= 0.3 is 0 Å². The Bertz CT molecular complexity index is 760. The van der Waals surface area contributed by atoms with Crippen LogP contribution >= 0.6 is 0 Å². The molecule has 27 heavy (non-hydrogen) atoms. The molecule has 2 fully saturated rings. The van der Waals surface area contributed by atoms with Crippen molar-refractivity contribution in [2.75, 3.05) is 51.3 Å². The topological polar surface area (TPSA) is 73.8 Å². The van der Waals surface area contributed by atoms with E-state index in [-0.39, 0.29) is 23.5 Å². The lowest BCUT2D eigenvalue weighted by Crippen LogP contribution is -2.49. The zero-order valence-corrected chi connectivity index (χ0v) is 17.1. The van der Waals surface area contributed by atoms with Crippen molar-refractivity contribution >= 4 is 15.7 Å². The number of amides is 1. The van der Waals surface area contributed by atoms with Crippen molar-refractivity contribution < 1.29 is 13.2 Å². The quantitative estimate of drug-likeness (QED) is 0.701. The molecule has 0 saturated carbocycles. The molecule has 0 radical (unpaired) electrons. The molecule has 1 aromatic rings. The van der Waals surface area contributed by atoms with E-state index < -0.39 is 9.84 Å². The van der Waals surface area contributed by atoms with Crippen LogP contribution in [0.1, 0.15) is 24.1 Å². The third kappa shape index (κ3) is 5.49. The predicted octanol–water partition coefficient (Wildman–Crippen LogP) is 0.543. The van der Waals surface area contributed by atoms with Gasteiger partial charge in [0.15, 0.2) is 9.84 Å². The highest BCUT2D eigenvalue weighted by atomic mass is 32.2. The van der Waals surface area contributed by atoms with Crippen molar-refractivity contribution in [3.63, 3.8) is 0 Å². The first kappa shape index (κ1) is 20.2. The first-order valence-electron chi connectivity index (χ1n) is 9.65. The highest BCUT2D eigenvalue weighted by Gasteiger charge is 2.31. The first-order valence-corrected chi connectivity index (χ1v) is 11.5. The zero-order chi connectivity index (χ0) is 19.4. The van der Waals surface area contributed by atoms with Crippen molar-refractivity contribution in [2.45, 2.75) is 32.4 Å². The van der Waals surface area contributed by atoms with E-state index in [1.54, 1.807) is 0 Å². The van der Waals surface area contributed by atoms with Gasteiger partial charge < -0.3 is 9.80 Å². The number of nitrogens with zero attached hydrogens (tertiary/aromatic N) is 4.